The van der Waals surface area contributed by atoms with Crippen molar-refractivity contribution >= 4 is 17.7 Å². The van der Waals surface area contributed by atoms with Gasteiger partial charge in [0.25, 0.3) is 0 Å². The smallest absolute Gasteiger partial charge is 0.410 e. The number of ether oxygens (including phenoxy) is 1. The Bertz CT molecular complexity index is 729. The number of amides is 2. The first kappa shape index (κ1) is 18.6. The summed E-state index contributed by atoms with van der Waals surface area (Å²) in [5, 5.41) is 0. The lowest BCUT2D eigenvalue weighted by molar-refractivity contribution is -0.118. The van der Waals surface area contributed by atoms with Gasteiger partial charge in [0.2, 0.25) is 5.91 Å². The topological polar surface area (TPSA) is 75.9 Å². The number of hydrogen-bond acceptors (Lipinski definition) is 4. The normalized spacial score (nSPS) is 20.8. The number of rotatable bonds is 1. The molecule has 0 saturated carbocycles. The van der Waals surface area contributed by atoms with Crippen LogP contribution in [0.1, 0.15) is 44.7 Å². The van der Waals surface area contributed by atoms with Crippen LogP contribution in [-0.2, 0) is 22.5 Å². The van der Waals surface area contributed by atoms with Crippen molar-refractivity contribution in [1.29, 1.82) is 0 Å². The Morgan fingerprint density at radius 2 is 2.04 bits per heavy atom. The minimum absolute atomic E-state index is 0.243. The number of fused-ring (bicyclic) bond motifs is 1. The van der Waals surface area contributed by atoms with Crippen LogP contribution in [0.25, 0.3) is 0 Å². The molecule has 1 aromatic carbocycles. The Balaban J connectivity index is 1.85. The number of halogens is 1. The van der Waals surface area contributed by atoms with Crippen molar-refractivity contribution in [3.8, 4) is 0 Å². The summed E-state index contributed by atoms with van der Waals surface area (Å²) >= 11 is 0. The van der Waals surface area contributed by atoms with E-state index in [4.69, 9.17) is 10.5 Å². The van der Waals surface area contributed by atoms with Gasteiger partial charge in [0.1, 0.15) is 11.4 Å². The molecule has 142 valence electrons. The van der Waals surface area contributed by atoms with Gasteiger partial charge in [-0.3, -0.25) is 4.79 Å². The molecule has 0 bridgehead atoms. The van der Waals surface area contributed by atoms with E-state index in [1.165, 1.54) is 4.90 Å². The zero-order valence-corrected chi connectivity index (χ0v) is 15.5. The maximum atomic E-state index is 15.1. The molecule has 1 saturated heterocycles. The molecule has 1 atom stereocenters. The maximum Gasteiger partial charge on any atom is 0.410 e. The number of benzene rings is 1. The highest BCUT2D eigenvalue weighted by molar-refractivity contribution is 5.99. The maximum absolute atomic E-state index is 15.1. The molecule has 26 heavy (non-hydrogen) atoms. The predicted molar refractivity (Wildman–Crippen MR) is 96.3 cm³/mol. The zero-order chi connectivity index (χ0) is 19.1. The van der Waals surface area contributed by atoms with Crippen LogP contribution in [0.15, 0.2) is 12.1 Å². The third kappa shape index (κ3) is 3.67. The molecule has 2 heterocycles. The van der Waals surface area contributed by atoms with E-state index in [9.17, 15) is 9.59 Å². The Labute approximate surface area is 153 Å². The van der Waals surface area contributed by atoms with Gasteiger partial charge < -0.3 is 20.3 Å². The average molecular weight is 363 g/mol. The number of carbonyl (C=O) groups is 2. The summed E-state index contributed by atoms with van der Waals surface area (Å²) in [6, 6.07) is 2.85. The van der Waals surface area contributed by atoms with Gasteiger partial charge in [-0.2, -0.15) is 0 Å². The lowest BCUT2D eigenvalue weighted by Crippen LogP contribution is -2.36. The molecule has 2 aliphatic heterocycles. The lowest BCUT2D eigenvalue weighted by atomic mass is 10.0. The van der Waals surface area contributed by atoms with Crippen molar-refractivity contribution < 1.29 is 18.7 Å². The number of hydrogen-bond donors (Lipinski definition) is 1. The first-order valence-corrected chi connectivity index (χ1v) is 9.02. The molecule has 1 aromatic rings. The minimum atomic E-state index is -0.573. The molecule has 7 heteroatoms. The number of carbonyl (C=O) groups excluding carboxylic acids is 2. The van der Waals surface area contributed by atoms with Gasteiger partial charge in [-0.05, 0) is 57.2 Å². The summed E-state index contributed by atoms with van der Waals surface area (Å²) in [6.07, 6.45) is 1.29. The van der Waals surface area contributed by atoms with Gasteiger partial charge in [-0.25, -0.2) is 9.18 Å². The summed E-state index contributed by atoms with van der Waals surface area (Å²) in [5.41, 5.74) is 6.79. The Morgan fingerprint density at radius 3 is 2.65 bits per heavy atom. The number of nitrogens with zero attached hydrogens (tertiary/aromatic N) is 2. The SMILES string of the molecule is CC(C)(C)OC(=O)N1CCCc2c(ccc(N3CC[C@H](N)C3=O)c2F)C1. The molecule has 1 fully saturated rings. The van der Waals surface area contributed by atoms with Crippen LogP contribution in [-0.4, -0.2) is 41.6 Å². The fraction of sp³-hybridized carbons (Fsp3) is 0.579. The van der Waals surface area contributed by atoms with Gasteiger partial charge in [0.15, 0.2) is 0 Å². The van der Waals surface area contributed by atoms with Crippen LogP contribution in [0, 0.1) is 5.82 Å². The lowest BCUT2D eigenvalue weighted by Gasteiger charge is -2.26. The predicted octanol–water partition coefficient (Wildman–Crippen LogP) is 2.57. The molecular formula is C19H26FN3O3. The van der Waals surface area contributed by atoms with E-state index in [2.05, 4.69) is 0 Å². The fourth-order valence-electron chi connectivity index (χ4n) is 3.43. The Hall–Kier alpha value is -2.15. The zero-order valence-electron chi connectivity index (χ0n) is 15.5. The van der Waals surface area contributed by atoms with Crippen LogP contribution in [0.3, 0.4) is 0 Å². The molecule has 2 amide bonds. The summed E-state index contributed by atoms with van der Waals surface area (Å²) in [4.78, 5) is 27.5. The van der Waals surface area contributed by atoms with Gasteiger partial charge in [-0.1, -0.05) is 6.07 Å². The number of anilines is 1. The van der Waals surface area contributed by atoms with Crippen molar-refractivity contribution in [1.82, 2.24) is 4.90 Å². The highest BCUT2D eigenvalue weighted by Crippen LogP contribution is 2.31. The number of nitrogens with two attached hydrogens (primary N) is 1. The molecular weight excluding hydrogens is 337 g/mol. The van der Waals surface area contributed by atoms with E-state index in [0.717, 1.165) is 5.56 Å². The quantitative estimate of drug-likeness (QED) is 0.832. The molecule has 6 nitrogen and oxygen atoms in total. The van der Waals surface area contributed by atoms with E-state index < -0.39 is 17.7 Å². The third-order valence-electron chi connectivity index (χ3n) is 4.73. The fourth-order valence-corrected chi connectivity index (χ4v) is 3.43. The van der Waals surface area contributed by atoms with Gasteiger partial charge >= 0.3 is 6.09 Å². The van der Waals surface area contributed by atoms with Crippen LogP contribution < -0.4 is 10.6 Å². The summed E-state index contributed by atoms with van der Waals surface area (Å²) in [5.74, 6) is -0.621. The minimum Gasteiger partial charge on any atom is -0.444 e. The van der Waals surface area contributed by atoms with Gasteiger partial charge in [0, 0.05) is 19.6 Å². The van der Waals surface area contributed by atoms with E-state index in [-0.39, 0.29) is 17.4 Å². The van der Waals surface area contributed by atoms with E-state index >= 15 is 4.39 Å². The molecule has 2 aliphatic rings. The van der Waals surface area contributed by atoms with Crippen LogP contribution in [0.2, 0.25) is 0 Å². The second kappa shape index (κ2) is 6.87. The molecule has 3 rings (SSSR count). The van der Waals surface area contributed by atoms with Crippen LogP contribution >= 0.6 is 0 Å². The Kier molecular flexibility index (Phi) is 4.92. The van der Waals surface area contributed by atoms with Crippen LogP contribution in [0.5, 0.6) is 0 Å². The summed E-state index contributed by atoms with van der Waals surface area (Å²) < 4.78 is 20.6. The highest BCUT2D eigenvalue weighted by Gasteiger charge is 2.33. The van der Waals surface area contributed by atoms with Gasteiger partial charge in [-0.15, -0.1) is 0 Å². The standard InChI is InChI=1S/C19H26FN3O3/c1-19(2,3)26-18(25)22-9-4-5-13-12(11-22)6-7-15(16(13)20)23-10-8-14(21)17(23)24/h6-7,14H,4-5,8-11,21H2,1-3H3/t14-/m0/s1. The van der Waals surface area contributed by atoms with E-state index in [0.29, 0.717) is 44.5 Å². The Morgan fingerprint density at radius 1 is 1.31 bits per heavy atom. The largest absolute Gasteiger partial charge is 0.444 e. The van der Waals surface area contributed by atoms with Crippen molar-refractivity contribution in [2.24, 2.45) is 5.73 Å². The first-order chi connectivity index (χ1) is 12.2. The summed E-state index contributed by atoms with van der Waals surface area (Å²) in [7, 11) is 0. The van der Waals surface area contributed by atoms with E-state index in [1.54, 1.807) is 17.0 Å². The summed E-state index contributed by atoms with van der Waals surface area (Å²) in [6.45, 7) is 6.70. The highest BCUT2D eigenvalue weighted by atomic mass is 19.1. The molecule has 0 spiro atoms. The monoisotopic (exact) mass is 363 g/mol. The average Bonchev–Trinajstić information content (AvgIpc) is 2.76. The van der Waals surface area contributed by atoms with Crippen molar-refractivity contribution in [3.05, 3.63) is 29.1 Å². The molecule has 0 unspecified atom stereocenters. The van der Waals surface area contributed by atoms with Crippen molar-refractivity contribution in [2.45, 2.75) is 58.2 Å². The molecule has 0 aromatic heterocycles. The van der Waals surface area contributed by atoms with Crippen LogP contribution in [0.4, 0.5) is 14.9 Å². The second-order valence-corrected chi connectivity index (χ2v) is 7.93. The van der Waals surface area contributed by atoms with Crippen molar-refractivity contribution in [2.75, 3.05) is 18.0 Å². The third-order valence-corrected chi connectivity index (χ3v) is 4.73. The molecule has 2 N–H and O–H groups in total. The first-order valence-electron chi connectivity index (χ1n) is 9.02. The second-order valence-electron chi connectivity index (χ2n) is 7.93. The van der Waals surface area contributed by atoms with Crippen molar-refractivity contribution in [3.63, 3.8) is 0 Å². The van der Waals surface area contributed by atoms with Gasteiger partial charge in [0.05, 0.1) is 11.7 Å². The molecule has 0 radical (unpaired) electrons. The van der Waals surface area contributed by atoms with E-state index in [1.807, 2.05) is 20.8 Å². The molecule has 0 aliphatic carbocycles.